The summed E-state index contributed by atoms with van der Waals surface area (Å²) < 4.78 is 33.7. The van der Waals surface area contributed by atoms with E-state index in [0.717, 1.165) is 0 Å². The summed E-state index contributed by atoms with van der Waals surface area (Å²) in [5.41, 5.74) is 5.04. The molecule has 1 aliphatic rings. The van der Waals surface area contributed by atoms with Crippen LogP contribution in [0.25, 0.3) is 11.0 Å². The van der Waals surface area contributed by atoms with Crippen molar-refractivity contribution in [1.29, 1.82) is 0 Å². The number of fused-ring (bicyclic) bond motifs is 1. The Morgan fingerprint density at radius 1 is 1.26 bits per heavy atom. The molecule has 0 spiro atoms. The topological polar surface area (TPSA) is 162 Å². The summed E-state index contributed by atoms with van der Waals surface area (Å²) in [6.45, 7) is -1.08. The predicted octanol–water partition coefficient (Wildman–Crippen LogP) is -0.437. The van der Waals surface area contributed by atoms with Crippen LogP contribution in [0.15, 0.2) is 27.4 Å². The first-order valence-corrected chi connectivity index (χ1v) is 7.77. The summed E-state index contributed by atoms with van der Waals surface area (Å²) >= 11 is 0. The third kappa shape index (κ3) is 3.63. The molecule has 5 N–H and O–H groups in total. The lowest BCUT2D eigenvalue weighted by molar-refractivity contribution is -0.363. The second-order valence-corrected chi connectivity index (χ2v) is 5.65. The molecule has 0 bridgehead atoms. The Kier molecular flexibility index (Phi) is 5.39. The molecule has 11 heteroatoms. The van der Waals surface area contributed by atoms with E-state index in [4.69, 9.17) is 24.7 Å². The molecule has 4 unspecified atom stereocenters. The quantitative estimate of drug-likeness (QED) is 0.497. The highest BCUT2D eigenvalue weighted by molar-refractivity contribution is 5.85. The van der Waals surface area contributed by atoms with Gasteiger partial charge >= 0.3 is 11.6 Å². The number of carboxylic acid groups (broad SMARTS) is 1. The van der Waals surface area contributed by atoms with Crippen molar-refractivity contribution >= 4 is 16.9 Å². The molecule has 27 heavy (non-hydrogen) atoms. The number of carbonyl (C=O) groups is 1. The molecule has 0 aliphatic carbocycles. The van der Waals surface area contributed by atoms with Crippen LogP contribution in [0.2, 0.25) is 0 Å². The normalized spacial score (nSPS) is 25.5. The van der Waals surface area contributed by atoms with E-state index < -0.39 is 43.2 Å². The van der Waals surface area contributed by atoms with Crippen molar-refractivity contribution < 1.29 is 43.1 Å². The molecule has 1 aromatic heterocycles. The minimum absolute atomic E-state index is 0.0184. The number of alkyl halides is 1. The Balaban J connectivity index is 1.99. The first-order chi connectivity index (χ1) is 12.8. The van der Waals surface area contributed by atoms with Crippen molar-refractivity contribution in [2.24, 2.45) is 5.73 Å². The number of aliphatic carboxylic acids is 1. The Bertz CT molecular complexity index is 915. The van der Waals surface area contributed by atoms with Gasteiger partial charge in [-0.05, 0) is 17.7 Å². The number of aliphatic hydroxyl groups excluding tert-OH is 2. The van der Waals surface area contributed by atoms with Gasteiger partial charge in [0.2, 0.25) is 12.4 Å². The number of ether oxygens (including phenoxy) is 3. The van der Waals surface area contributed by atoms with E-state index in [2.05, 4.69) is 4.74 Å². The van der Waals surface area contributed by atoms with Crippen LogP contribution in [0.4, 0.5) is 4.39 Å². The third-order valence-electron chi connectivity index (χ3n) is 3.95. The molecular weight excluding hydrogens is 369 g/mol. The Labute approximate surface area is 150 Å². The molecule has 1 aliphatic heterocycles. The van der Waals surface area contributed by atoms with Crippen molar-refractivity contribution in [2.75, 3.05) is 0 Å². The summed E-state index contributed by atoms with van der Waals surface area (Å²) in [6.07, 6.45) is -7.27. The Morgan fingerprint density at radius 2 is 2.00 bits per heavy atom. The molecular formula is C16H16FNO9. The zero-order chi connectivity index (χ0) is 19.7. The molecule has 3 rings (SSSR count). The second kappa shape index (κ2) is 7.58. The number of nitrogens with two attached hydrogens (primary N) is 1. The first-order valence-electron chi connectivity index (χ1n) is 7.77. The van der Waals surface area contributed by atoms with Crippen molar-refractivity contribution in [3.63, 3.8) is 0 Å². The monoisotopic (exact) mass is 385 g/mol. The highest BCUT2D eigenvalue weighted by atomic mass is 19.1. The maximum absolute atomic E-state index is 13.7. The van der Waals surface area contributed by atoms with E-state index in [1.807, 2.05) is 0 Å². The van der Waals surface area contributed by atoms with Gasteiger partial charge in [0.1, 0.15) is 18.0 Å². The van der Waals surface area contributed by atoms with Crippen LogP contribution < -0.4 is 16.1 Å². The Morgan fingerprint density at radius 3 is 2.63 bits per heavy atom. The summed E-state index contributed by atoms with van der Waals surface area (Å²) in [4.78, 5) is 22.7. The van der Waals surface area contributed by atoms with Gasteiger partial charge in [-0.1, -0.05) is 0 Å². The average Bonchev–Trinajstić information content (AvgIpc) is 2.62. The lowest BCUT2D eigenvalue weighted by atomic mass is 10.1. The highest BCUT2D eigenvalue weighted by Crippen LogP contribution is 2.32. The molecule has 1 saturated heterocycles. The van der Waals surface area contributed by atoms with Crippen LogP contribution in [0.5, 0.6) is 5.75 Å². The molecule has 2 aromatic rings. The lowest BCUT2D eigenvalue weighted by Crippen LogP contribution is -2.54. The number of rotatable bonds is 5. The van der Waals surface area contributed by atoms with Gasteiger partial charge in [0, 0.05) is 18.0 Å². The molecule has 1 aromatic carbocycles. The van der Waals surface area contributed by atoms with Gasteiger partial charge < -0.3 is 39.7 Å². The number of hydrogen-bond donors (Lipinski definition) is 4. The van der Waals surface area contributed by atoms with Crippen LogP contribution in [0.3, 0.4) is 0 Å². The van der Waals surface area contributed by atoms with Crippen LogP contribution in [0.1, 0.15) is 11.1 Å². The van der Waals surface area contributed by atoms with Gasteiger partial charge in [-0.3, -0.25) is 0 Å². The smallest absolute Gasteiger partial charge is 0.338 e. The summed E-state index contributed by atoms with van der Waals surface area (Å²) in [7, 11) is 0. The van der Waals surface area contributed by atoms with Crippen LogP contribution in [0, 0.1) is 0 Å². The lowest BCUT2D eigenvalue weighted by Gasteiger charge is -2.35. The van der Waals surface area contributed by atoms with Crippen molar-refractivity contribution in [3.05, 3.63) is 39.7 Å². The van der Waals surface area contributed by atoms with E-state index in [-0.39, 0.29) is 23.4 Å². The van der Waals surface area contributed by atoms with Gasteiger partial charge in [0.15, 0.2) is 6.29 Å². The average molecular weight is 385 g/mol. The molecule has 2 heterocycles. The largest absolute Gasteiger partial charge is 0.479 e. The number of halogens is 1. The van der Waals surface area contributed by atoms with Crippen molar-refractivity contribution in [3.8, 4) is 5.75 Å². The molecule has 10 nitrogen and oxygen atoms in total. The zero-order valence-electron chi connectivity index (χ0n) is 13.7. The summed E-state index contributed by atoms with van der Waals surface area (Å²) in [5.74, 6) is -1.72. The van der Waals surface area contributed by atoms with Crippen LogP contribution in [-0.4, -0.2) is 46.3 Å². The first kappa shape index (κ1) is 19.2. The molecule has 0 saturated carbocycles. The molecule has 1 fully saturated rings. The maximum atomic E-state index is 13.7. The van der Waals surface area contributed by atoms with Gasteiger partial charge in [-0.25, -0.2) is 14.0 Å². The molecule has 0 radical (unpaired) electrons. The number of aliphatic hydroxyl groups is 2. The van der Waals surface area contributed by atoms with E-state index in [0.29, 0.717) is 10.9 Å². The number of benzene rings is 1. The Hall–Kier alpha value is -2.57. The zero-order valence-corrected chi connectivity index (χ0v) is 13.7. The molecule has 0 amide bonds. The summed E-state index contributed by atoms with van der Waals surface area (Å²) in [5, 5.41) is 28.6. The maximum Gasteiger partial charge on any atom is 0.338 e. The van der Waals surface area contributed by atoms with Gasteiger partial charge in [-0.2, -0.15) is 0 Å². The minimum atomic E-state index is -1.92. The molecule has 4 atom stereocenters. The van der Waals surface area contributed by atoms with E-state index in [1.54, 1.807) is 0 Å². The van der Waals surface area contributed by atoms with Crippen molar-refractivity contribution in [1.82, 2.24) is 0 Å². The van der Waals surface area contributed by atoms with Crippen LogP contribution in [-0.2, 0) is 27.5 Å². The fourth-order valence-electron chi connectivity index (χ4n) is 2.68. The van der Waals surface area contributed by atoms with Crippen LogP contribution >= 0.6 is 0 Å². The summed E-state index contributed by atoms with van der Waals surface area (Å²) in [6, 6.07) is 3.98. The fraction of sp³-hybridized carbons (Fsp3) is 0.375. The van der Waals surface area contributed by atoms with E-state index >= 15 is 0 Å². The SMILES string of the molecule is NCc1cc(=O)oc2c(CF)c(OC3OC(C(=O)O)C(O)OC3O)ccc12. The fourth-order valence-corrected chi connectivity index (χ4v) is 2.68. The van der Waals surface area contributed by atoms with E-state index in [9.17, 15) is 24.2 Å². The highest BCUT2D eigenvalue weighted by Gasteiger charge is 2.43. The second-order valence-electron chi connectivity index (χ2n) is 5.65. The number of hydrogen-bond acceptors (Lipinski definition) is 9. The standard InChI is InChI=1S/C16H16FNO9/c17-4-8-9(2-1-7-6(5-18)3-10(19)25-11(7)8)24-16-15(23)27-14(22)12(26-16)13(20)21/h1-3,12,14-16,22-23H,4-5,18H2,(H,20,21). The third-order valence-corrected chi connectivity index (χ3v) is 3.95. The predicted molar refractivity (Wildman–Crippen MR) is 85.2 cm³/mol. The van der Waals surface area contributed by atoms with Gasteiger partial charge in [0.25, 0.3) is 6.29 Å². The van der Waals surface area contributed by atoms with Crippen molar-refractivity contribution in [2.45, 2.75) is 38.2 Å². The van der Waals surface area contributed by atoms with Gasteiger partial charge in [0.05, 0.1) is 5.56 Å². The number of carboxylic acids is 1. The minimum Gasteiger partial charge on any atom is -0.479 e. The van der Waals surface area contributed by atoms with Gasteiger partial charge in [-0.15, -0.1) is 0 Å². The van der Waals surface area contributed by atoms with E-state index in [1.165, 1.54) is 18.2 Å². The molecule has 146 valence electrons.